The van der Waals surface area contributed by atoms with E-state index < -0.39 is 11.6 Å². The lowest BCUT2D eigenvalue weighted by Gasteiger charge is -2.12. The molecule has 84 valence electrons. The molecule has 0 radical (unpaired) electrons. The molecule has 0 aliphatic heterocycles. The van der Waals surface area contributed by atoms with Gasteiger partial charge in [0.15, 0.2) is 0 Å². The summed E-state index contributed by atoms with van der Waals surface area (Å²) in [4.78, 5) is 0. The van der Waals surface area contributed by atoms with Crippen molar-refractivity contribution < 1.29 is 8.78 Å². The van der Waals surface area contributed by atoms with Crippen LogP contribution in [0.5, 0.6) is 0 Å². The summed E-state index contributed by atoms with van der Waals surface area (Å²) in [5.74, 6) is -1.10. The van der Waals surface area contributed by atoms with E-state index >= 15 is 0 Å². The molecule has 0 aliphatic carbocycles. The van der Waals surface area contributed by atoms with Gasteiger partial charge >= 0.3 is 0 Å². The molecule has 15 heavy (non-hydrogen) atoms. The van der Waals surface area contributed by atoms with Gasteiger partial charge in [-0.3, -0.25) is 0 Å². The van der Waals surface area contributed by atoms with Gasteiger partial charge in [0.25, 0.3) is 0 Å². The molecule has 0 saturated carbocycles. The van der Waals surface area contributed by atoms with Crippen LogP contribution in [0.15, 0.2) is 18.2 Å². The topological polar surface area (TPSA) is 26.0 Å². The molecule has 1 aromatic carbocycles. The fraction of sp³-hybridized carbons (Fsp3) is 0.500. The van der Waals surface area contributed by atoms with Gasteiger partial charge in [0.05, 0.1) is 0 Å². The van der Waals surface area contributed by atoms with E-state index in [0.29, 0.717) is 5.56 Å². The summed E-state index contributed by atoms with van der Waals surface area (Å²) >= 11 is 0. The van der Waals surface area contributed by atoms with Crippen LogP contribution in [0.3, 0.4) is 0 Å². The minimum absolute atomic E-state index is 0.322. The molecule has 1 rings (SSSR count). The van der Waals surface area contributed by atoms with Gasteiger partial charge in [0.1, 0.15) is 11.6 Å². The first-order chi connectivity index (χ1) is 7.15. The van der Waals surface area contributed by atoms with Gasteiger partial charge < -0.3 is 5.73 Å². The summed E-state index contributed by atoms with van der Waals surface area (Å²) in [5.41, 5.74) is 6.23. The Morgan fingerprint density at radius 1 is 1.27 bits per heavy atom. The molecule has 0 amide bonds. The first-order valence-corrected chi connectivity index (χ1v) is 5.35. The minimum Gasteiger partial charge on any atom is -0.324 e. The maximum Gasteiger partial charge on any atom is 0.130 e. The molecule has 0 aliphatic rings. The second-order valence-electron chi connectivity index (χ2n) is 3.77. The Bertz CT molecular complexity index is 312. The van der Waals surface area contributed by atoms with Crippen molar-refractivity contribution in [2.75, 3.05) is 0 Å². The maximum atomic E-state index is 13.3. The number of hydrogen-bond acceptors (Lipinski definition) is 1. The van der Waals surface area contributed by atoms with Gasteiger partial charge in [-0.1, -0.05) is 32.3 Å². The summed E-state index contributed by atoms with van der Waals surface area (Å²) in [6.07, 6.45) is 3.93. The molecular weight excluding hydrogens is 196 g/mol. The first kappa shape index (κ1) is 12.1. The van der Waals surface area contributed by atoms with E-state index in [1.807, 2.05) is 0 Å². The largest absolute Gasteiger partial charge is 0.324 e. The third kappa shape index (κ3) is 3.59. The normalized spacial score (nSPS) is 12.8. The number of hydrogen-bond donors (Lipinski definition) is 1. The van der Waals surface area contributed by atoms with Gasteiger partial charge in [0.2, 0.25) is 0 Å². The molecule has 0 unspecified atom stereocenters. The van der Waals surface area contributed by atoms with E-state index in [-0.39, 0.29) is 6.04 Å². The van der Waals surface area contributed by atoms with Crippen LogP contribution >= 0.6 is 0 Å². The number of nitrogens with two attached hydrogens (primary N) is 1. The van der Waals surface area contributed by atoms with E-state index in [2.05, 4.69) is 6.92 Å². The van der Waals surface area contributed by atoms with E-state index in [4.69, 9.17) is 5.73 Å². The molecule has 0 heterocycles. The Hall–Kier alpha value is -0.960. The minimum atomic E-state index is -0.558. The Morgan fingerprint density at radius 2 is 2.00 bits per heavy atom. The highest BCUT2D eigenvalue weighted by Crippen LogP contribution is 2.20. The predicted octanol–water partition coefficient (Wildman–Crippen LogP) is 3.54. The van der Waals surface area contributed by atoms with Crippen molar-refractivity contribution in [2.45, 2.75) is 38.6 Å². The van der Waals surface area contributed by atoms with Gasteiger partial charge in [-0.25, -0.2) is 8.78 Å². The van der Waals surface area contributed by atoms with Gasteiger partial charge in [-0.15, -0.1) is 0 Å². The Kier molecular flexibility index (Phi) is 4.69. The number of unbranched alkanes of at least 4 members (excludes halogenated alkanes) is 2. The van der Waals surface area contributed by atoms with Crippen LogP contribution in [-0.2, 0) is 0 Å². The molecule has 0 bridgehead atoms. The Labute approximate surface area is 89.3 Å². The van der Waals surface area contributed by atoms with Crippen molar-refractivity contribution in [3.05, 3.63) is 35.4 Å². The summed E-state index contributed by atoms with van der Waals surface area (Å²) < 4.78 is 25.9. The van der Waals surface area contributed by atoms with Crippen LogP contribution in [0.1, 0.15) is 44.2 Å². The molecule has 2 N–H and O–H groups in total. The van der Waals surface area contributed by atoms with Crippen molar-refractivity contribution in [1.29, 1.82) is 0 Å². The molecule has 0 fully saturated rings. The molecule has 0 aromatic heterocycles. The second kappa shape index (κ2) is 5.81. The van der Waals surface area contributed by atoms with Crippen molar-refractivity contribution >= 4 is 0 Å². The van der Waals surface area contributed by atoms with Gasteiger partial charge in [-0.05, 0) is 12.5 Å². The molecule has 1 atom stereocenters. The van der Waals surface area contributed by atoms with Crippen molar-refractivity contribution in [3.63, 3.8) is 0 Å². The zero-order valence-corrected chi connectivity index (χ0v) is 8.97. The molecular formula is C12H17F2N. The summed E-state index contributed by atoms with van der Waals surface area (Å²) in [6, 6.07) is 3.24. The zero-order valence-electron chi connectivity index (χ0n) is 8.97. The summed E-state index contributed by atoms with van der Waals surface area (Å²) in [5, 5.41) is 0. The number of halogens is 2. The average Bonchev–Trinajstić information content (AvgIpc) is 2.17. The highest BCUT2D eigenvalue weighted by Gasteiger charge is 2.11. The molecule has 0 saturated heterocycles. The fourth-order valence-corrected chi connectivity index (χ4v) is 1.57. The highest BCUT2D eigenvalue weighted by atomic mass is 19.1. The van der Waals surface area contributed by atoms with E-state index in [0.717, 1.165) is 31.7 Å². The predicted molar refractivity (Wildman–Crippen MR) is 57.4 cm³/mol. The fourth-order valence-electron chi connectivity index (χ4n) is 1.57. The van der Waals surface area contributed by atoms with Crippen LogP contribution in [0, 0.1) is 11.6 Å². The monoisotopic (exact) mass is 213 g/mol. The second-order valence-corrected chi connectivity index (χ2v) is 3.77. The van der Waals surface area contributed by atoms with E-state index in [9.17, 15) is 8.78 Å². The standard InChI is InChI=1S/C12H17F2N/c1-2-3-4-5-12(15)10-7-6-9(13)8-11(10)14/h6-8,12H,2-5,15H2,1H3/t12-/m1/s1. The molecule has 1 aromatic rings. The number of rotatable bonds is 5. The molecule has 0 spiro atoms. The quantitative estimate of drug-likeness (QED) is 0.744. The Morgan fingerprint density at radius 3 is 2.60 bits per heavy atom. The molecule has 3 heteroatoms. The maximum absolute atomic E-state index is 13.3. The van der Waals surface area contributed by atoms with Crippen molar-refractivity contribution in [2.24, 2.45) is 5.73 Å². The number of benzene rings is 1. The SMILES string of the molecule is CCCCC[C@@H](N)c1ccc(F)cc1F. The highest BCUT2D eigenvalue weighted by molar-refractivity contribution is 5.21. The smallest absolute Gasteiger partial charge is 0.130 e. The third-order valence-corrected chi connectivity index (χ3v) is 2.48. The lowest BCUT2D eigenvalue weighted by Crippen LogP contribution is -2.12. The van der Waals surface area contributed by atoms with E-state index in [1.165, 1.54) is 12.1 Å². The van der Waals surface area contributed by atoms with Crippen LogP contribution in [-0.4, -0.2) is 0 Å². The summed E-state index contributed by atoms with van der Waals surface area (Å²) in [6.45, 7) is 2.10. The third-order valence-electron chi connectivity index (χ3n) is 2.48. The van der Waals surface area contributed by atoms with Gasteiger partial charge in [0, 0.05) is 17.7 Å². The molecule has 1 nitrogen and oxygen atoms in total. The first-order valence-electron chi connectivity index (χ1n) is 5.35. The van der Waals surface area contributed by atoms with Gasteiger partial charge in [-0.2, -0.15) is 0 Å². The Balaban J connectivity index is 2.61. The van der Waals surface area contributed by atoms with Crippen molar-refractivity contribution in [1.82, 2.24) is 0 Å². The summed E-state index contributed by atoms with van der Waals surface area (Å²) in [7, 11) is 0. The van der Waals surface area contributed by atoms with Crippen LogP contribution in [0.25, 0.3) is 0 Å². The van der Waals surface area contributed by atoms with Crippen LogP contribution in [0.2, 0.25) is 0 Å². The average molecular weight is 213 g/mol. The van der Waals surface area contributed by atoms with Crippen LogP contribution in [0.4, 0.5) is 8.78 Å². The van der Waals surface area contributed by atoms with Crippen molar-refractivity contribution in [3.8, 4) is 0 Å². The van der Waals surface area contributed by atoms with Crippen LogP contribution < -0.4 is 5.73 Å². The lowest BCUT2D eigenvalue weighted by atomic mass is 10.0. The van der Waals surface area contributed by atoms with E-state index in [1.54, 1.807) is 0 Å². The lowest BCUT2D eigenvalue weighted by molar-refractivity contribution is 0.527. The zero-order chi connectivity index (χ0) is 11.3.